The standard InChI is InChI=1S/C18H14ClFN2O3S/c1-25-16-6-4-11(9-14(16)19)13-3-2-8-22-18(13)12-5-7-17(15(20)10-12)26(21,23)24/h2-10H,1H3,(H2,21,23,24). The molecule has 0 atom stereocenters. The quantitative estimate of drug-likeness (QED) is 0.730. The Balaban J connectivity index is 2.14. The highest BCUT2D eigenvalue weighted by atomic mass is 35.5. The van der Waals surface area contributed by atoms with Gasteiger partial charge in [-0.15, -0.1) is 0 Å². The number of rotatable bonds is 4. The van der Waals surface area contributed by atoms with Crippen LogP contribution in [0.3, 0.4) is 0 Å². The van der Waals surface area contributed by atoms with E-state index in [4.69, 9.17) is 21.5 Å². The van der Waals surface area contributed by atoms with E-state index in [1.54, 1.807) is 30.5 Å². The molecular formula is C18H14ClFN2O3S. The highest BCUT2D eigenvalue weighted by Gasteiger charge is 2.17. The molecule has 0 radical (unpaired) electrons. The Morgan fingerprint density at radius 3 is 2.46 bits per heavy atom. The molecule has 1 heterocycles. The van der Waals surface area contributed by atoms with Crippen LogP contribution in [0.15, 0.2) is 59.6 Å². The van der Waals surface area contributed by atoms with Crippen LogP contribution in [0.25, 0.3) is 22.4 Å². The highest BCUT2D eigenvalue weighted by Crippen LogP contribution is 2.35. The van der Waals surface area contributed by atoms with Gasteiger partial charge in [-0.1, -0.05) is 29.8 Å². The maximum absolute atomic E-state index is 14.2. The first-order chi connectivity index (χ1) is 12.3. The molecule has 5 nitrogen and oxygen atoms in total. The molecule has 0 aliphatic rings. The molecule has 3 rings (SSSR count). The van der Waals surface area contributed by atoms with Crippen molar-refractivity contribution in [2.24, 2.45) is 5.14 Å². The molecule has 0 amide bonds. The minimum absolute atomic E-state index is 0.414. The van der Waals surface area contributed by atoms with Crippen LogP contribution in [0.2, 0.25) is 5.02 Å². The van der Waals surface area contributed by atoms with Gasteiger partial charge in [-0.05, 0) is 35.9 Å². The number of primary sulfonamides is 1. The summed E-state index contributed by atoms with van der Waals surface area (Å²) < 4.78 is 42.1. The van der Waals surface area contributed by atoms with Crippen molar-refractivity contribution in [3.63, 3.8) is 0 Å². The molecule has 0 bridgehead atoms. The zero-order valence-electron chi connectivity index (χ0n) is 13.6. The fraction of sp³-hybridized carbons (Fsp3) is 0.0556. The SMILES string of the molecule is COc1ccc(-c2cccnc2-c2ccc(S(N)(=O)=O)c(F)c2)cc1Cl. The summed E-state index contributed by atoms with van der Waals surface area (Å²) in [6, 6.07) is 12.5. The summed E-state index contributed by atoms with van der Waals surface area (Å²) in [6.07, 6.45) is 1.56. The van der Waals surface area contributed by atoms with Gasteiger partial charge < -0.3 is 4.74 Å². The van der Waals surface area contributed by atoms with E-state index in [1.807, 2.05) is 6.07 Å². The fourth-order valence-corrected chi connectivity index (χ4v) is 3.43. The molecule has 8 heteroatoms. The molecule has 2 aromatic carbocycles. The third-order valence-electron chi connectivity index (χ3n) is 3.78. The highest BCUT2D eigenvalue weighted by molar-refractivity contribution is 7.89. The van der Waals surface area contributed by atoms with Crippen LogP contribution in [0.1, 0.15) is 0 Å². The van der Waals surface area contributed by atoms with Crippen molar-refractivity contribution < 1.29 is 17.5 Å². The van der Waals surface area contributed by atoms with Crippen LogP contribution in [0.4, 0.5) is 4.39 Å². The van der Waals surface area contributed by atoms with E-state index in [1.165, 1.54) is 13.2 Å². The Labute approximate surface area is 155 Å². The fourth-order valence-electron chi connectivity index (χ4n) is 2.58. The smallest absolute Gasteiger partial charge is 0.240 e. The Kier molecular flexibility index (Phi) is 4.95. The van der Waals surface area contributed by atoms with Crippen molar-refractivity contribution in [1.82, 2.24) is 4.98 Å². The molecule has 0 aliphatic heterocycles. The van der Waals surface area contributed by atoms with Crippen molar-refractivity contribution in [1.29, 1.82) is 0 Å². The predicted octanol–water partition coefficient (Wildman–Crippen LogP) is 3.86. The number of methoxy groups -OCH3 is 1. The Morgan fingerprint density at radius 2 is 1.85 bits per heavy atom. The van der Waals surface area contributed by atoms with Gasteiger partial charge in [-0.2, -0.15) is 0 Å². The molecular weight excluding hydrogens is 379 g/mol. The first kappa shape index (κ1) is 18.3. The number of nitrogens with zero attached hydrogens (tertiary/aromatic N) is 1. The topological polar surface area (TPSA) is 82.3 Å². The number of halogens is 2. The normalized spacial score (nSPS) is 11.4. The molecule has 0 unspecified atom stereocenters. The minimum Gasteiger partial charge on any atom is -0.495 e. The van der Waals surface area contributed by atoms with Crippen molar-refractivity contribution in [2.75, 3.05) is 7.11 Å². The molecule has 2 N–H and O–H groups in total. The van der Waals surface area contributed by atoms with E-state index < -0.39 is 20.7 Å². The van der Waals surface area contributed by atoms with Gasteiger partial charge in [-0.25, -0.2) is 17.9 Å². The van der Waals surface area contributed by atoms with Gasteiger partial charge in [0.1, 0.15) is 16.5 Å². The van der Waals surface area contributed by atoms with Crippen molar-refractivity contribution in [3.8, 4) is 28.1 Å². The number of nitrogens with two attached hydrogens (primary N) is 1. The van der Waals surface area contributed by atoms with E-state index in [0.29, 0.717) is 27.6 Å². The minimum atomic E-state index is -4.13. The van der Waals surface area contributed by atoms with Gasteiger partial charge in [0.05, 0.1) is 17.8 Å². The van der Waals surface area contributed by atoms with Gasteiger partial charge in [0.25, 0.3) is 0 Å². The number of hydrogen-bond acceptors (Lipinski definition) is 4. The second kappa shape index (κ2) is 7.03. The van der Waals surface area contributed by atoms with Crippen LogP contribution in [0, 0.1) is 5.82 Å². The summed E-state index contributed by atoms with van der Waals surface area (Å²) in [5.41, 5.74) is 2.36. The van der Waals surface area contributed by atoms with Gasteiger partial charge >= 0.3 is 0 Å². The van der Waals surface area contributed by atoms with Crippen LogP contribution in [0.5, 0.6) is 5.75 Å². The van der Waals surface area contributed by atoms with Crippen molar-refractivity contribution >= 4 is 21.6 Å². The largest absolute Gasteiger partial charge is 0.495 e. The first-order valence-corrected chi connectivity index (χ1v) is 9.35. The maximum atomic E-state index is 14.2. The molecule has 0 saturated heterocycles. The van der Waals surface area contributed by atoms with Gasteiger partial charge in [0.15, 0.2) is 0 Å². The van der Waals surface area contributed by atoms with E-state index in [0.717, 1.165) is 17.7 Å². The average Bonchev–Trinajstić information content (AvgIpc) is 2.60. The zero-order valence-corrected chi connectivity index (χ0v) is 15.2. The lowest BCUT2D eigenvalue weighted by Crippen LogP contribution is -2.14. The van der Waals surface area contributed by atoms with Crippen molar-refractivity contribution in [2.45, 2.75) is 4.90 Å². The molecule has 0 fully saturated rings. The van der Waals surface area contributed by atoms with Crippen LogP contribution >= 0.6 is 11.6 Å². The average molecular weight is 393 g/mol. The van der Waals surface area contributed by atoms with Crippen LogP contribution in [-0.2, 0) is 10.0 Å². The van der Waals surface area contributed by atoms with E-state index in [9.17, 15) is 12.8 Å². The maximum Gasteiger partial charge on any atom is 0.240 e. The first-order valence-electron chi connectivity index (χ1n) is 7.43. The van der Waals surface area contributed by atoms with Crippen LogP contribution < -0.4 is 9.88 Å². The molecule has 0 spiro atoms. The summed E-state index contributed by atoms with van der Waals surface area (Å²) in [5.74, 6) is -0.404. The van der Waals surface area contributed by atoms with Gasteiger partial charge in [-0.3, -0.25) is 4.98 Å². The Hall–Kier alpha value is -2.48. The third kappa shape index (κ3) is 3.55. The molecule has 0 aliphatic carbocycles. The number of aromatic nitrogens is 1. The zero-order chi connectivity index (χ0) is 18.9. The van der Waals surface area contributed by atoms with E-state index in [-0.39, 0.29) is 0 Å². The molecule has 1 aromatic heterocycles. The summed E-state index contributed by atoms with van der Waals surface area (Å²) in [6.45, 7) is 0. The summed E-state index contributed by atoms with van der Waals surface area (Å²) in [7, 11) is -2.61. The van der Waals surface area contributed by atoms with Crippen molar-refractivity contribution in [3.05, 3.63) is 65.6 Å². The number of ether oxygens (including phenoxy) is 1. The summed E-state index contributed by atoms with van der Waals surface area (Å²) in [4.78, 5) is 3.75. The number of pyridine rings is 1. The van der Waals surface area contributed by atoms with Gasteiger partial charge in [0, 0.05) is 17.3 Å². The monoisotopic (exact) mass is 392 g/mol. The van der Waals surface area contributed by atoms with E-state index >= 15 is 0 Å². The van der Waals surface area contributed by atoms with Crippen LogP contribution in [-0.4, -0.2) is 20.5 Å². The second-order valence-corrected chi connectivity index (χ2v) is 7.38. The molecule has 26 heavy (non-hydrogen) atoms. The molecule has 0 saturated carbocycles. The molecule has 3 aromatic rings. The Bertz CT molecular complexity index is 1090. The van der Waals surface area contributed by atoms with E-state index in [2.05, 4.69) is 4.98 Å². The lowest BCUT2D eigenvalue weighted by Gasteiger charge is -2.11. The summed E-state index contributed by atoms with van der Waals surface area (Å²) in [5, 5.41) is 5.43. The Morgan fingerprint density at radius 1 is 1.12 bits per heavy atom. The van der Waals surface area contributed by atoms with Gasteiger partial charge in [0.2, 0.25) is 10.0 Å². The number of hydrogen-bond donors (Lipinski definition) is 1. The number of benzene rings is 2. The second-order valence-electron chi connectivity index (χ2n) is 5.44. The summed E-state index contributed by atoms with van der Waals surface area (Å²) >= 11 is 6.19. The lowest BCUT2D eigenvalue weighted by molar-refractivity contribution is 0.415. The predicted molar refractivity (Wildman–Crippen MR) is 98.0 cm³/mol. The lowest BCUT2D eigenvalue weighted by atomic mass is 9.99. The molecule has 134 valence electrons. The number of sulfonamides is 1. The third-order valence-corrected chi connectivity index (χ3v) is 5.02.